The minimum absolute atomic E-state index is 0.0175. The zero-order chi connectivity index (χ0) is 17.5. The minimum Gasteiger partial charge on any atom is -0.393 e. The number of rotatable bonds is 8. The van der Waals surface area contributed by atoms with Crippen molar-refractivity contribution in [2.75, 3.05) is 26.2 Å². The highest BCUT2D eigenvalue weighted by Crippen LogP contribution is 2.25. The maximum Gasteiger partial charge on any atom is 0.314 e. The minimum atomic E-state index is -0.320. The molecule has 0 aromatic heterocycles. The van der Waals surface area contributed by atoms with Gasteiger partial charge in [-0.2, -0.15) is 0 Å². The Balaban J connectivity index is 2.32. The smallest absolute Gasteiger partial charge is 0.314 e. The van der Waals surface area contributed by atoms with Gasteiger partial charge >= 0.3 is 6.03 Å². The molecule has 1 heterocycles. The van der Waals surface area contributed by atoms with Gasteiger partial charge in [0.25, 0.3) is 0 Å². The molecule has 0 aromatic rings. The Morgan fingerprint density at radius 1 is 1.35 bits per heavy atom. The Kier molecular flexibility index (Phi) is 8.34. The Labute approximate surface area is 142 Å². The van der Waals surface area contributed by atoms with E-state index in [9.17, 15) is 9.90 Å². The molecule has 3 atom stereocenters. The number of carbonyl (C=O) groups excluding carboxylic acids is 1. The standard InChI is InChI=1S/C18H37N3O2/c1-6-16-8-7-9-21(12-16)18(4,5)13-20-17(23)19-11-14(2)10-15(3)22/h14-16,22H,6-13H2,1-5H3,(H2,19,20,23). The first kappa shape index (κ1) is 20.2. The van der Waals surface area contributed by atoms with Crippen LogP contribution in [0.25, 0.3) is 0 Å². The first-order chi connectivity index (χ1) is 10.7. The summed E-state index contributed by atoms with van der Waals surface area (Å²) in [5, 5.41) is 15.3. The van der Waals surface area contributed by atoms with Crippen molar-refractivity contribution >= 4 is 6.03 Å². The summed E-state index contributed by atoms with van der Waals surface area (Å²) in [5.74, 6) is 1.07. The van der Waals surface area contributed by atoms with Crippen molar-refractivity contribution in [2.45, 2.75) is 71.9 Å². The lowest BCUT2D eigenvalue weighted by atomic mass is 9.91. The van der Waals surface area contributed by atoms with Gasteiger partial charge in [-0.05, 0) is 58.4 Å². The molecule has 136 valence electrons. The molecule has 1 aliphatic rings. The van der Waals surface area contributed by atoms with Crippen molar-refractivity contribution in [3.05, 3.63) is 0 Å². The van der Waals surface area contributed by atoms with Crippen LogP contribution in [0.5, 0.6) is 0 Å². The highest BCUT2D eigenvalue weighted by Gasteiger charge is 2.31. The summed E-state index contributed by atoms with van der Waals surface area (Å²) in [6.45, 7) is 14.0. The number of hydrogen-bond acceptors (Lipinski definition) is 3. The third-order valence-electron chi connectivity index (χ3n) is 4.99. The molecule has 0 radical (unpaired) electrons. The summed E-state index contributed by atoms with van der Waals surface area (Å²) < 4.78 is 0. The highest BCUT2D eigenvalue weighted by atomic mass is 16.3. The third kappa shape index (κ3) is 7.53. The molecule has 1 aliphatic heterocycles. The fourth-order valence-corrected chi connectivity index (χ4v) is 3.35. The molecular weight excluding hydrogens is 290 g/mol. The van der Waals surface area contributed by atoms with Crippen molar-refractivity contribution in [2.24, 2.45) is 11.8 Å². The number of amides is 2. The van der Waals surface area contributed by atoms with E-state index in [1.54, 1.807) is 6.92 Å². The van der Waals surface area contributed by atoms with Crippen LogP contribution in [0, 0.1) is 11.8 Å². The van der Waals surface area contributed by atoms with Crippen molar-refractivity contribution in [3.63, 3.8) is 0 Å². The molecular formula is C18H37N3O2. The van der Waals surface area contributed by atoms with Crippen LogP contribution in [-0.2, 0) is 0 Å². The second-order valence-corrected chi connectivity index (χ2v) is 7.93. The number of piperidine rings is 1. The lowest BCUT2D eigenvalue weighted by molar-refractivity contribution is 0.0665. The maximum absolute atomic E-state index is 12.0. The molecule has 1 fully saturated rings. The second kappa shape index (κ2) is 9.48. The average molecular weight is 328 g/mol. The van der Waals surface area contributed by atoms with Crippen molar-refractivity contribution in [1.82, 2.24) is 15.5 Å². The second-order valence-electron chi connectivity index (χ2n) is 7.93. The lowest BCUT2D eigenvalue weighted by Gasteiger charge is -2.43. The Hall–Kier alpha value is -0.810. The number of hydrogen-bond donors (Lipinski definition) is 3. The number of carbonyl (C=O) groups is 1. The van der Waals surface area contributed by atoms with Crippen LogP contribution < -0.4 is 10.6 Å². The van der Waals surface area contributed by atoms with Gasteiger partial charge in [0.05, 0.1) is 6.10 Å². The van der Waals surface area contributed by atoms with E-state index in [2.05, 4.69) is 36.3 Å². The summed E-state index contributed by atoms with van der Waals surface area (Å²) in [6.07, 6.45) is 4.21. The number of aliphatic hydroxyl groups excluding tert-OH is 1. The average Bonchev–Trinajstić information content (AvgIpc) is 2.50. The molecule has 0 spiro atoms. The Morgan fingerprint density at radius 3 is 2.65 bits per heavy atom. The molecule has 2 amide bonds. The highest BCUT2D eigenvalue weighted by molar-refractivity contribution is 5.73. The fraction of sp³-hybridized carbons (Fsp3) is 0.944. The van der Waals surface area contributed by atoms with Crippen LogP contribution in [0.3, 0.4) is 0 Å². The molecule has 3 N–H and O–H groups in total. The molecule has 5 nitrogen and oxygen atoms in total. The predicted molar refractivity (Wildman–Crippen MR) is 95.5 cm³/mol. The van der Waals surface area contributed by atoms with Gasteiger partial charge in [-0.1, -0.05) is 20.3 Å². The normalized spacial score (nSPS) is 22.4. The number of aliphatic hydroxyl groups is 1. The van der Waals surface area contributed by atoms with E-state index >= 15 is 0 Å². The maximum atomic E-state index is 12.0. The number of nitrogens with one attached hydrogen (secondary N) is 2. The third-order valence-corrected chi connectivity index (χ3v) is 4.99. The van der Waals surface area contributed by atoms with E-state index in [1.807, 2.05) is 6.92 Å². The largest absolute Gasteiger partial charge is 0.393 e. The topological polar surface area (TPSA) is 64.6 Å². The summed E-state index contributed by atoms with van der Waals surface area (Å²) in [6, 6.07) is -0.112. The van der Waals surface area contributed by atoms with Crippen LogP contribution in [0.1, 0.15) is 60.3 Å². The zero-order valence-electron chi connectivity index (χ0n) is 15.7. The quantitative estimate of drug-likeness (QED) is 0.642. The summed E-state index contributed by atoms with van der Waals surface area (Å²) in [4.78, 5) is 14.5. The molecule has 0 saturated carbocycles. The molecule has 23 heavy (non-hydrogen) atoms. The molecule has 0 bridgehead atoms. The Bertz CT molecular complexity index is 358. The van der Waals surface area contributed by atoms with E-state index < -0.39 is 0 Å². The first-order valence-corrected chi connectivity index (χ1v) is 9.19. The van der Waals surface area contributed by atoms with Gasteiger partial charge in [-0.25, -0.2) is 4.79 Å². The van der Waals surface area contributed by atoms with Gasteiger partial charge in [-0.3, -0.25) is 4.90 Å². The van der Waals surface area contributed by atoms with E-state index in [4.69, 9.17) is 0 Å². The summed E-state index contributed by atoms with van der Waals surface area (Å²) in [5.41, 5.74) is -0.0175. The number of nitrogens with zero attached hydrogens (tertiary/aromatic N) is 1. The number of urea groups is 1. The zero-order valence-corrected chi connectivity index (χ0v) is 15.7. The SMILES string of the molecule is CCC1CCCN(C(C)(C)CNC(=O)NCC(C)CC(C)O)C1. The van der Waals surface area contributed by atoms with Gasteiger partial charge in [-0.15, -0.1) is 0 Å². The molecule has 1 rings (SSSR count). The summed E-state index contributed by atoms with van der Waals surface area (Å²) >= 11 is 0. The molecule has 0 aromatic carbocycles. The monoisotopic (exact) mass is 327 g/mol. The molecule has 5 heteroatoms. The predicted octanol–water partition coefficient (Wildman–Crippen LogP) is 2.59. The molecule has 0 aliphatic carbocycles. The van der Waals surface area contributed by atoms with Gasteiger partial charge in [0.1, 0.15) is 0 Å². The Morgan fingerprint density at radius 2 is 2.04 bits per heavy atom. The van der Waals surface area contributed by atoms with Gasteiger partial charge < -0.3 is 15.7 Å². The molecule has 1 saturated heterocycles. The van der Waals surface area contributed by atoms with E-state index in [0.29, 0.717) is 19.5 Å². The van der Waals surface area contributed by atoms with Crippen LogP contribution in [0.2, 0.25) is 0 Å². The van der Waals surface area contributed by atoms with Gasteiger partial charge in [0.2, 0.25) is 0 Å². The van der Waals surface area contributed by atoms with Crippen molar-refractivity contribution < 1.29 is 9.90 Å². The van der Waals surface area contributed by atoms with Crippen LogP contribution in [-0.4, -0.2) is 53.9 Å². The summed E-state index contributed by atoms with van der Waals surface area (Å²) in [7, 11) is 0. The van der Waals surface area contributed by atoms with Crippen molar-refractivity contribution in [3.8, 4) is 0 Å². The lowest BCUT2D eigenvalue weighted by Crippen LogP contribution is -2.56. The van der Waals surface area contributed by atoms with Gasteiger partial charge in [0, 0.05) is 25.2 Å². The van der Waals surface area contributed by atoms with Crippen LogP contribution >= 0.6 is 0 Å². The first-order valence-electron chi connectivity index (χ1n) is 9.19. The van der Waals surface area contributed by atoms with E-state index in [-0.39, 0.29) is 23.6 Å². The number of likely N-dealkylation sites (tertiary alicyclic amines) is 1. The van der Waals surface area contributed by atoms with Gasteiger partial charge in [0.15, 0.2) is 0 Å². The molecule has 3 unspecified atom stereocenters. The fourth-order valence-electron chi connectivity index (χ4n) is 3.35. The van der Waals surface area contributed by atoms with E-state index in [0.717, 1.165) is 19.0 Å². The van der Waals surface area contributed by atoms with Crippen LogP contribution in [0.4, 0.5) is 4.79 Å². The van der Waals surface area contributed by atoms with E-state index in [1.165, 1.54) is 19.3 Å². The van der Waals surface area contributed by atoms with Crippen molar-refractivity contribution in [1.29, 1.82) is 0 Å². The van der Waals surface area contributed by atoms with Crippen LogP contribution in [0.15, 0.2) is 0 Å².